The molecular formula is C33H32F6N3OS+. The lowest BCUT2D eigenvalue weighted by Gasteiger charge is -2.19. The topological polar surface area (TPSA) is 51.2 Å². The Morgan fingerprint density at radius 1 is 0.750 bits per heavy atom. The molecule has 3 aromatic rings. The lowest BCUT2D eigenvalue weighted by Crippen LogP contribution is -2.79. The minimum atomic E-state index is -4.42. The number of hydrogen-bond acceptors (Lipinski definition) is 4. The van der Waals surface area contributed by atoms with E-state index in [9.17, 15) is 26.3 Å². The Kier molecular flexibility index (Phi) is 10.2. The maximum absolute atomic E-state index is 12.9. The van der Waals surface area contributed by atoms with Gasteiger partial charge in [0.15, 0.2) is 0 Å². The summed E-state index contributed by atoms with van der Waals surface area (Å²) in [7, 11) is 0. The largest absolute Gasteiger partial charge is 0.456 e. The molecule has 2 aliphatic rings. The van der Waals surface area contributed by atoms with Crippen molar-refractivity contribution in [3.8, 4) is 22.5 Å². The maximum atomic E-state index is 12.9. The minimum absolute atomic E-state index is 0.192. The van der Waals surface area contributed by atoms with Crippen LogP contribution in [0.4, 0.5) is 37.7 Å². The van der Waals surface area contributed by atoms with Gasteiger partial charge in [-0.3, -0.25) is 0 Å². The number of anilines is 2. The molecule has 0 atom stereocenters. The van der Waals surface area contributed by atoms with E-state index in [0.29, 0.717) is 10.9 Å². The van der Waals surface area contributed by atoms with Gasteiger partial charge in [-0.15, -0.1) is 0 Å². The summed E-state index contributed by atoms with van der Waals surface area (Å²) in [6.45, 7) is 5.49. The van der Waals surface area contributed by atoms with Gasteiger partial charge in [0.2, 0.25) is 11.9 Å². The van der Waals surface area contributed by atoms with E-state index >= 15 is 0 Å². The van der Waals surface area contributed by atoms with Gasteiger partial charge >= 0.3 is 12.4 Å². The molecule has 44 heavy (non-hydrogen) atoms. The van der Waals surface area contributed by atoms with Crippen molar-refractivity contribution in [3.05, 3.63) is 95.3 Å². The second-order valence-electron chi connectivity index (χ2n) is 9.90. The first-order valence-electron chi connectivity index (χ1n) is 13.9. The lowest BCUT2D eigenvalue weighted by atomic mass is 9.91. The van der Waals surface area contributed by atoms with Crippen LogP contribution in [0.1, 0.15) is 25.0 Å². The first-order chi connectivity index (χ1) is 20.8. The van der Waals surface area contributed by atoms with Crippen LogP contribution < -0.4 is 20.4 Å². The molecule has 0 aromatic heterocycles. The predicted molar refractivity (Wildman–Crippen MR) is 165 cm³/mol. The molecule has 0 spiro atoms. The molecule has 1 aliphatic carbocycles. The monoisotopic (exact) mass is 632 g/mol. The highest BCUT2D eigenvalue weighted by molar-refractivity contribution is 8.00. The Labute approximate surface area is 255 Å². The number of hydrogen-bond donors (Lipinski definition) is 3. The number of alkyl halides is 6. The average Bonchev–Trinajstić information content (AvgIpc) is 2.98. The van der Waals surface area contributed by atoms with Gasteiger partial charge in [0.05, 0.1) is 11.8 Å². The number of aryl methyl sites for hydroxylation is 2. The van der Waals surface area contributed by atoms with Crippen LogP contribution in [0.2, 0.25) is 0 Å². The summed E-state index contributed by atoms with van der Waals surface area (Å²) in [4.78, 5) is 3.35. The van der Waals surface area contributed by atoms with Crippen molar-refractivity contribution in [1.82, 2.24) is 0 Å². The molecule has 232 valence electrons. The molecule has 11 heteroatoms. The molecule has 0 saturated carbocycles. The zero-order chi connectivity index (χ0) is 32.1. The zero-order valence-electron chi connectivity index (χ0n) is 24.5. The van der Waals surface area contributed by atoms with Crippen molar-refractivity contribution in [2.45, 2.75) is 44.9 Å². The van der Waals surface area contributed by atoms with Crippen molar-refractivity contribution in [1.29, 1.82) is 0 Å². The summed E-state index contributed by atoms with van der Waals surface area (Å²) in [6.07, 6.45) is -8.84. The van der Waals surface area contributed by atoms with E-state index in [1.54, 1.807) is 24.3 Å². The van der Waals surface area contributed by atoms with Gasteiger partial charge in [0.1, 0.15) is 17.9 Å². The van der Waals surface area contributed by atoms with Gasteiger partial charge in [0, 0.05) is 44.8 Å². The minimum Gasteiger partial charge on any atom is -0.456 e. The van der Waals surface area contributed by atoms with Crippen LogP contribution in [0.5, 0.6) is 0 Å². The third-order valence-corrected chi connectivity index (χ3v) is 7.28. The van der Waals surface area contributed by atoms with E-state index in [-0.39, 0.29) is 22.4 Å². The van der Waals surface area contributed by atoms with Crippen LogP contribution in [0.3, 0.4) is 0 Å². The van der Waals surface area contributed by atoms with Gasteiger partial charge < -0.3 is 14.5 Å². The Hall–Kier alpha value is -4.12. The summed E-state index contributed by atoms with van der Waals surface area (Å²) in [5.74, 6) is 0.274. The highest BCUT2D eigenvalue weighted by Gasteiger charge is 2.31. The van der Waals surface area contributed by atoms with Crippen LogP contribution in [-0.4, -0.2) is 25.4 Å². The Balaban J connectivity index is 0.00000216. The van der Waals surface area contributed by atoms with Crippen molar-refractivity contribution in [2.75, 3.05) is 23.1 Å². The Bertz CT molecular complexity index is 1760. The van der Waals surface area contributed by atoms with Crippen LogP contribution in [0.15, 0.2) is 88.2 Å². The van der Waals surface area contributed by atoms with Crippen LogP contribution in [-0.2, 0) is 0 Å². The quantitative estimate of drug-likeness (QED) is 0.0957. The second kappa shape index (κ2) is 13.7. The number of rotatable bonds is 7. The average molecular weight is 633 g/mol. The summed E-state index contributed by atoms with van der Waals surface area (Å²) in [5, 5.41) is 3.18. The van der Waals surface area contributed by atoms with Crippen LogP contribution in [0.25, 0.3) is 33.4 Å². The summed E-state index contributed by atoms with van der Waals surface area (Å²) >= 11 is 1.42. The van der Waals surface area contributed by atoms with Crippen LogP contribution in [0, 0.1) is 13.8 Å². The molecule has 5 rings (SSSR count). The summed E-state index contributed by atoms with van der Waals surface area (Å²) in [6, 6.07) is 23.3. The normalized spacial score (nSPS) is 12.3. The second-order valence-corrected chi connectivity index (χ2v) is 10.8. The molecule has 0 amide bonds. The molecular weight excluding hydrogens is 600 g/mol. The van der Waals surface area contributed by atoms with Gasteiger partial charge in [-0.2, -0.15) is 26.3 Å². The van der Waals surface area contributed by atoms with E-state index in [0.717, 1.165) is 32.8 Å². The van der Waals surface area contributed by atoms with Gasteiger partial charge in [-0.25, -0.2) is 4.99 Å². The standard InChI is InChI=1S/C31H25F6N3OS.C2H6/c1-18-3-8-22(9-4-18)42-40-26-12-5-19(2)13-25(26)29-23-10-6-20(38-16-30(32,33)34)14-27(23)41-28-15-21(7-11-24(28)29)39-17-31(35,36)37;1-2/h3-15,38,40H,16-17H2,1-2H3;1-2H3/p+1. The molecule has 0 saturated heterocycles. The molecule has 0 fully saturated rings. The number of fused-ring (bicyclic) bond motifs is 2. The Morgan fingerprint density at radius 2 is 1.45 bits per heavy atom. The van der Waals surface area contributed by atoms with Crippen molar-refractivity contribution < 1.29 is 35.8 Å². The van der Waals surface area contributed by atoms with E-state index in [2.05, 4.69) is 15.0 Å². The number of benzene rings is 4. The first kappa shape index (κ1) is 32.8. The summed E-state index contributed by atoms with van der Waals surface area (Å²) < 4.78 is 86.7. The van der Waals surface area contributed by atoms with Gasteiger partial charge in [-0.1, -0.05) is 43.2 Å². The third kappa shape index (κ3) is 8.49. The fourth-order valence-electron chi connectivity index (χ4n) is 4.48. The molecule has 3 aromatic carbocycles. The highest BCUT2D eigenvalue weighted by Crippen LogP contribution is 2.44. The molecule has 0 radical (unpaired) electrons. The SMILES string of the molecule is CC.Cc1ccc(SNc2ccc(C)cc2-c2c3ccc(=[NH+]CC(F)(F)F)cc-3oc3cc(NCC(F)(F)F)ccc23)cc1. The first-order valence-corrected chi connectivity index (χ1v) is 14.7. The molecule has 1 heterocycles. The molecule has 3 N–H and O–H groups in total. The van der Waals surface area contributed by atoms with Gasteiger partial charge in [0.25, 0.3) is 0 Å². The molecule has 0 bridgehead atoms. The molecule has 0 unspecified atom stereocenters. The highest BCUT2D eigenvalue weighted by atomic mass is 32.2. The fourth-order valence-corrected chi connectivity index (χ4v) is 5.16. The van der Waals surface area contributed by atoms with Crippen molar-refractivity contribution in [3.63, 3.8) is 0 Å². The lowest BCUT2D eigenvalue weighted by molar-refractivity contribution is -0.536. The third-order valence-electron chi connectivity index (χ3n) is 6.45. The van der Waals surface area contributed by atoms with E-state index in [1.807, 2.05) is 70.2 Å². The van der Waals surface area contributed by atoms with E-state index in [1.165, 1.54) is 24.1 Å². The number of nitrogens with one attached hydrogen (secondary N) is 3. The number of halogens is 6. The molecule has 1 aliphatic heterocycles. The predicted octanol–water partition coefficient (Wildman–Crippen LogP) is 8.48. The Morgan fingerprint density at radius 3 is 2.14 bits per heavy atom. The molecule has 4 nitrogen and oxygen atoms in total. The summed E-state index contributed by atoms with van der Waals surface area (Å²) in [5.41, 5.74) is 5.50. The van der Waals surface area contributed by atoms with Crippen LogP contribution >= 0.6 is 11.9 Å². The fraction of sp³-hybridized carbons (Fsp3) is 0.242. The zero-order valence-corrected chi connectivity index (χ0v) is 25.3. The smallest absolute Gasteiger partial charge is 0.448 e. The van der Waals surface area contributed by atoms with E-state index in [4.69, 9.17) is 4.42 Å². The van der Waals surface area contributed by atoms with Crippen molar-refractivity contribution in [2.24, 2.45) is 0 Å². The van der Waals surface area contributed by atoms with Crippen molar-refractivity contribution >= 4 is 34.3 Å². The van der Waals surface area contributed by atoms with Gasteiger partial charge in [-0.05, 0) is 68.3 Å². The maximum Gasteiger partial charge on any atom is 0.448 e. The van der Waals surface area contributed by atoms with E-state index < -0.39 is 25.4 Å².